The summed E-state index contributed by atoms with van der Waals surface area (Å²) in [6, 6.07) is 9.57. The van der Waals surface area contributed by atoms with Crippen LogP contribution in [0.5, 0.6) is 0 Å². The summed E-state index contributed by atoms with van der Waals surface area (Å²) < 4.78 is 24.2. The van der Waals surface area contributed by atoms with Crippen LogP contribution in [-0.2, 0) is 0 Å². The summed E-state index contributed by atoms with van der Waals surface area (Å²) in [6.07, 6.45) is 0. The maximum Gasteiger partial charge on any atom is 0.412 e. The Labute approximate surface area is 73.2 Å². The molecule has 66 valence electrons. The molecule has 0 amide bonds. The molecule has 0 N–H and O–H groups in total. The third kappa shape index (κ3) is 2.74. The van der Waals surface area contributed by atoms with Crippen molar-refractivity contribution in [2.75, 3.05) is 0 Å². The minimum atomic E-state index is -3.40. The summed E-state index contributed by atoms with van der Waals surface area (Å²) in [5.74, 6) is 0.0119. The van der Waals surface area contributed by atoms with E-state index in [0.29, 0.717) is 0 Å². The Bertz CT molecular complexity index is 223. The maximum atomic E-state index is 12.1. The molecular formula is C9H12F2Si. The highest BCUT2D eigenvalue weighted by atomic mass is 28.4. The van der Waals surface area contributed by atoms with Crippen molar-refractivity contribution >= 4 is 9.46 Å². The van der Waals surface area contributed by atoms with Crippen LogP contribution in [0, 0.1) is 0 Å². The normalized spacial score (nSPS) is 13.3. The smallest absolute Gasteiger partial charge is 0.275 e. The lowest BCUT2D eigenvalue weighted by atomic mass is 10.0. The molecule has 0 radical (unpaired) electrons. The lowest BCUT2D eigenvalue weighted by Crippen LogP contribution is -2.02. The highest BCUT2D eigenvalue weighted by Crippen LogP contribution is 2.21. The first kappa shape index (κ1) is 9.39. The largest absolute Gasteiger partial charge is 0.412 e. The predicted molar refractivity (Wildman–Crippen MR) is 49.0 cm³/mol. The summed E-state index contributed by atoms with van der Waals surface area (Å²) in [7, 11) is -3.40. The molecule has 0 aromatic heterocycles. The molecule has 1 aromatic carbocycles. The van der Waals surface area contributed by atoms with Crippen molar-refractivity contribution in [2.45, 2.75) is 18.9 Å². The molecule has 0 aliphatic carbocycles. The average Bonchev–Trinajstić information content (AvgIpc) is 2.05. The fourth-order valence-electron chi connectivity index (χ4n) is 1.18. The van der Waals surface area contributed by atoms with Gasteiger partial charge in [-0.3, -0.25) is 8.22 Å². The summed E-state index contributed by atoms with van der Waals surface area (Å²) in [6.45, 7) is 1.86. The number of halogens is 2. The molecular weight excluding hydrogens is 174 g/mol. The van der Waals surface area contributed by atoms with Crippen molar-refractivity contribution in [2.24, 2.45) is 0 Å². The SMILES string of the molecule is CC(C[SiH](F)F)c1ccccc1. The van der Waals surface area contributed by atoms with Gasteiger partial charge in [0.1, 0.15) is 0 Å². The molecule has 1 unspecified atom stereocenters. The van der Waals surface area contributed by atoms with E-state index in [9.17, 15) is 8.22 Å². The van der Waals surface area contributed by atoms with Crippen LogP contribution in [-0.4, -0.2) is 9.46 Å². The van der Waals surface area contributed by atoms with E-state index >= 15 is 0 Å². The first-order valence-electron chi connectivity index (χ1n) is 4.03. The van der Waals surface area contributed by atoms with Crippen LogP contribution in [0.3, 0.4) is 0 Å². The molecule has 0 aliphatic rings. The van der Waals surface area contributed by atoms with Gasteiger partial charge in [0, 0.05) is 6.04 Å². The molecule has 12 heavy (non-hydrogen) atoms. The van der Waals surface area contributed by atoms with E-state index in [1.807, 2.05) is 37.3 Å². The Hall–Kier alpha value is -0.703. The van der Waals surface area contributed by atoms with Gasteiger partial charge in [0.2, 0.25) is 0 Å². The summed E-state index contributed by atoms with van der Waals surface area (Å²) in [5, 5.41) is 0. The van der Waals surface area contributed by atoms with E-state index in [1.54, 1.807) is 0 Å². The molecule has 0 bridgehead atoms. The zero-order valence-electron chi connectivity index (χ0n) is 7.00. The van der Waals surface area contributed by atoms with Gasteiger partial charge in [-0.2, -0.15) is 0 Å². The van der Waals surface area contributed by atoms with Crippen LogP contribution in [0.25, 0.3) is 0 Å². The third-order valence-electron chi connectivity index (χ3n) is 1.90. The molecule has 0 saturated heterocycles. The van der Waals surface area contributed by atoms with E-state index in [4.69, 9.17) is 0 Å². The number of benzene rings is 1. The van der Waals surface area contributed by atoms with Crippen molar-refractivity contribution < 1.29 is 8.22 Å². The van der Waals surface area contributed by atoms with Crippen molar-refractivity contribution in [1.82, 2.24) is 0 Å². The Morgan fingerprint density at radius 1 is 1.25 bits per heavy atom. The van der Waals surface area contributed by atoms with Crippen LogP contribution < -0.4 is 0 Å². The van der Waals surface area contributed by atoms with Crippen molar-refractivity contribution in [3.05, 3.63) is 35.9 Å². The fourth-order valence-corrected chi connectivity index (χ4v) is 1.99. The molecule has 0 spiro atoms. The fraction of sp³-hybridized carbons (Fsp3) is 0.333. The van der Waals surface area contributed by atoms with Crippen LogP contribution in [0.1, 0.15) is 18.4 Å². The second-order valence-electron chi connectivity index (χ2n) is 2.94. The topological polar surface area (TPSA) is 0 Å². The van der Waals surface area contributed by atoms with E-state index in [0.717, 1.165) is 5.56 Å². The minimum absolute atomic E-state index is 0.0119. The quantitative estimate of drug-likeness (QED) is 0.503. The van der Waals surface area contributed by atoms with Crippen molar-refractivity contribution in [3.8, 4) is 0 Å². The van der Waals surface area contributed by atoms with Gasteiger partial charge in [-0.25, -0.2) is 0 Å². The zero-order chi connectivity index (χ0) is 8.97. The monoisotopic (exact) mass is 186 g/mol. The van der Waals surface area contributed by atoms with E-state index in [-0.39, 0.29) is 12.0 Å². The first-order valence-corrected chi connectivity index (χ1v) is 5.72. The third-order valence-corrected chi connectivity index (χ3v) is 2.96. The van der Waals surface area contributed by atoms with E-state index in [1.165, 1.54) is 0 Å². The average molecular weight is 186 g/mol. The van der Waals surface area contributed by atoms with Gasteiger partial charge < -0.3 is 0 Å². The Morgan fingerprint density at radius 2 is 1.83 bits per heavy atom. The van der Waals surface area contributed by atoms with Crippen molar-refractivity contribution in [1.29, 1.82) is 0 Å². The molecule has 1 aromatic rings. The van der Waals surface area contributed by atoms with Gasteiger partial charge in [-0.05, 0) is 11.5 Å². The van der Waals surface area contributed by atoms with Crippen molar-refractivity contribution in [3.63, 3.8) is 0 Å². The van der Waals surface area contributed by atoms with Gasteiger partial charge in [0.15, 0.2) is 0 Å². The van der Waals surface area contributed by atoms with Gasteiger partial charge in [-0.1, -0.05) is 37.3 Å². The molecule has 0 nitrogen and oxygen atoms in total. The van der Waals surface area contributed by atoms with Crippen LogP contribution in [0.2, 0.25) is 6.04 Å². The minimum Gasteiger partial charge on any atom is -0.275 e. The summed E-state index contributed by atoms with van der Waals surface area (Å²) in [5.41, 5.74) is 1.02. The Balaban J connectivity index is 2.59. The van der Waals surface area contributed by atoms with Crippen LogP contribution >= 0.6 is 0 Å². The lowest BCUT2D eigenvalue weighted by molar-refractivity contribution is 0.630. The number of rotatable bonds is 3. The van der Waals surface area contributed by atoms with E-state index < -0.39 is 9.46 Å². The van der Waals surface area contributed by atoms with Gasteiger partial charge in [0.05, 0.1) is 0 Å². The summed E-state index contributed by atoms with van der Waals surface area (Å²) in [4.78, 5) is 0. The first-order chi connectivity index (χ1) is 5.70. The molecule has 0 fully saturated rings. The zero-order valence-corrected chi connectivity index (χ0v) is 8.16. The standard InChI is InChI=1S/C9H12F2Si/c1-8(7-12(10)11)9-5-3-2-4-6-9/h2-6,8,12H,7H2,1H3. The molecule has 3 heteroatoms. The molecule has 1 rings (SSSR count). The highest BCUT2D eigenvalue weighted by molar-refractivity contribution is 6.42. The second-order valence-corrected chi connectivity index (χ2v) is 4.19. The number of hydrogen-bond acceptors (Lipinski definition) is 0. The Morgan fingerprint density at radius 3 is 2.33 bits per heavy atom. The molecule has 0 heterocycles. The summed E-state index contributed by atoms with van der Waals surface area (Å²) >= 11 is 0. The molecule has 0 aliphatic heterocycles. The lowest BCUT2D eigenvalue weighted by Gasteiger charge is -2.09. The predicted octanol–water partition coefficient (Wildman–Crippen LogP) is 2.95. The van der Waals surface area contributed by atoms with Gasteiger partial charge in [-0.15, -0.1) is 0 Å². The maximum absolute atomic E-state index is 12.1. The highest BCUT2D eigenvalue weighted by Gasteiger charge is 2.14. The van der Waals surface area contributed by atoms with E-state index in [2.05, 4.69) is 0 Å². The second kappa shape index (κ2) is 4.35. The number of hydrogen-bond donors (Lipinski definition) is 0. The van der Waals surface area contributed by atoms with Crippen LogP contribution in [0.15, 0.2) is 30.3 Å². The Kier molecular flexibility index (Phi) is 3.41. The molecule has 1 atom stereocenters. The van der Waals surface area contributed by atoms with Gasteiger partial charge in [0.25, 0.3) is 0 Å². The van der Waals surface area contributed by atoms with Gasteiger partial charge >= 0.3 is 9.46 Å². The van der Waals surface area contributed by atoms with Crippen LogP contribution in [0.4, 0.5) is 8.22 Å². The molecule has 0 saturated carbocycles.